The second kappa shape index (κ2) is 8.41. The van der Waals surface area contributed by atoms with Crippen molar-refractivity contribution in [3.05, 3.63) is 52.5 Å². The molecule has 0 atom stereocenters. The van der Waals surface area contributed by atoms with Gasteiger partial charge in [0.25, 0.3) is 0 Å². The summed E-state index contributed by atoms with van der Waals surface area (Å²) in [5.74, 6) is 1.59. The fourth-order valence-electron chi connectivity index (χ4n) is 2.30. The van der Waals surface area contributed by atoms with Gasteiger partial charge < -0.3 is 19.5 Å². The van der Waals surface area contributed by atoms with E-state index in [-0.39, 0.29) is 12.5 Å². The first kappa shape index (κ1) is 17.8. The van der Waals surface area contributed by atoms with Crippen LogP contribution in [0.1, 0.15) is 5.56 Å². The molecule has 0 saturated heterocycles. The van der Waals surface area contributed by atoms with Gasteiger partial charge in [0.15, 0.2) is 18.1 Å². The summed E-state index contributed by atoms with van der Waals surface area (Å²) in [4.78, 5) is 12.2. The van der Waals surface area contributed by atoms with E-state index in [2.05, 4.69) is 21.2 Å². The molecule has 0 fully saturated rings. The lowest BCUT2D eigenvalue weighted by Gasteiger charge is -2.19. The first-order chi connectivity index (χ1) is 12.7. The highest BCUT2D eigenvalue weighted by Crippen LogP contribution is 2.38. The number of halogens is 1. The highest BCUT2D eigenvalue weighted by Gasteiger charge is 2.15. The molecule has 7 heteroatoms. The molecule has 6 nitrogen and oxygen atoms in total. The number of ether oxygens (including phenoxy) is 3. The van der Waals surface area contributed by atoms with Crippen molar-refractivity contribution in [3.63, 3.8) is 0 Å². The van der Waals surface area contributed by atoms with E-state index < -0.39 is 0 Å². The van der Waals surface area contributed by atoms with Crippen molar-refractivity contribution in [2.75, 3.05) is 25.1 Å². The van der Waals surface area contributed by atoms with Gasteiger partial charge in [-0.2, -0.15) is 5.26 Å². The molecule has 0 aliphatic carbocycles. The Bertz CT molecular complexity index is 872. The van der Waals surface area contributed by atoms with Gasteiger partial charge in [-0.25, -0.2) is 0 Å². The second-order valence-electron chi connectivity index (χ2n) is 5.31. The zero-order valence-electron chi connectivity index (χ0n) is 13.7. The standard InChI is InChI=1S/C19H15BrN2O4/c20-15-11-17-18(26-10-9-25-17)12-16(15)22-19(23)6-3-13-1-4-14(5-2-13)24-8-7-21/h1-6,11-12H,8-10H2,(H,22,23)/b6-3-. The minimum absolute atomic E-state index is 0.00199. The van der Waals surface area contributed by atoms with E-state index in [1.165, 1.54) is 6.08 Å². The van der Waals surface area contributed by atoms with Gasteiger partial charge in [0.1, 0.15) is 25.0 Å². The summed E-state index contributed by atoms with van der Waals surface area (Å²) in [5.41, 5.74) is 1.44. The van der Waals surface area contributed by atoms with Crippen LogP contribution in [0.15, 0.2) is 46.9 Å². The molecule has 1 N–H and O–H groups in total. The monoisotopic (exact) mass is 414 g/mol. The molecule has 1 heterocycles. The second-order valence-corrected chi connectivity index (χ2v) is 6.17. The first-order valence-corrected chi connectivity index (χ1v) is 8.63. The zero-order valence-corrected chi connectivity index (χ0v) is 15.3. The van der Waals surface area contributed by atoms with Crippen LogP contribution in [0.25, 0.3) is 6.08 Å². The normalized spacial score (nSPS) is 12.5. The van der Waals surface area contributed by atoms with Crippen molar-refractivity contribution in [2.45, 2.75) is 0 Å². The molecule has 2 aromatic carbocycles. The smallest absolute Gasteiger partial charge is 0.248 e. The molecular formula is C19H15BrN2O4. The maximum absolute atomic E-state index is 12.2. The number of anilines is 1. The number of carbonyl (C=O) groups is 1. The molecule has 0 bridgehead atoms. The number of benzene rings is 2. The average Bonchev–Trinajstić information content (AvgIpc) is 2.66. The van der Waals surface area contributed by atoms with Gasteiger partial charge in [0.2, 0.25) is 5.91 Å². The van der Waals surface area contributed by atoms with Crippen LogP contribution in [0, 0.1) is 11.3 Å². The number of carbonyl (C=O) groups excluding carboxylic acids is 1. The topological polar surface area (TPSA) is 80.6 Å². The lowest BCUT2D eigenvalue weighted by atomic mass is 10.2. The molecule has 132 valence electrons. The Morgan fingerprint density at radius 1 is 1.23 bits per heavy atom. The molecule has 0 spiro atoms. The Morgan fingerprint density at radius 3 is 2.62 bits per heavy atom. The third-order valence-corrected chi connectivity index (χ3v) is 4.16. The molecule has 26 heavy (non-hydrogen) atoms. The Morgan fingerprint density at radius 2 is 1.92 bits per heavy atom. The molecule has 1 aliphatic rings. The van der Waals surface area contributed by atoms with Crippen LogP contribution >= 0.6 is 15.9 Å². The van der Waals surface area contributed by atoms with E-state index in [9.17, 15) is 4.79 Å². The predicted molar refractivity (Wildman–Crippen MR) is 100 cm³/mol. The maximum atomic E-state index is 12.2. The van der Waals surface area contributed by atoms with E-state index in [0.29, 0.717) is 40.6 Å². The minimum atomic E-state index is -0.271. The number of hydrogen-bond donors (Lipinski definition) is 1. The fraction of sp³-hybridized carbons (Fsp3) is 0.158. The minimum Gasteiger partial charge on any atom is -0.486 e. The van der Waals surface area contributed by atoms with Crippen LogP contribution in [0.5, 0.6) is 17.2 Å². The van der Waals surface area contributed by atoms with Gasteiger partial charge in [0.05, 0.1) is 5.69 Å². The van der Waals surface area contributed by atoms with Crippen molar-refractivity contribution >= 4 is 33.6 Å². The third-order valence-electron chi connectivity index (χ3n) is 3.50. The van der Waals surface area contributed by atoms with Crippen LogP contribution < -0.4 is 19.5 Å². The molecule has 1 aliphatic heterocycles. The summed E-state index contributed by atoms with van der Waals surface area (Å²) in [5, 5.41) is 11.3. The molecule has 0 saturated carbocycles. The van der Waals surface area contributed by atoms with Gasteiger partial charge in [-0.3, -0.25) is 4.79 Å². The van der Waals surface area contributed by atoms with Crippen molar-refractivity contribution in [1.29, 1.82) is 5.26 Å². The zero-order chi connectivity index (χ0) is 18.4. The first-order valence-electron chi connectivity index (χ1n) is 7.84. The van der Waals surface area contributed by atoms with Crippen LogP contribution in [0.2, 0.25) is 0 Å². The highest BCUT2D eigenvalue weighted by molar-refractivity contribution is 9.10. The van der Waals surface area contributed by atoms with Gasteiger partial charge in [-0.1, -0.05) is 12.1 Å². The van der Waals surface area contributed by atoms with E-state index in [0.717, 1.165) is 5.56 Å². The van der Waals surface area contributed by atoms with Gasteiger partial charge in [0, 0.05) is 22.7 Å². The SMILES string of the molecule is N#CCOc1ccc(/C=C\C(=O)Nc2cc3c(cc2Br)OCCO3)cc1. The Labute approximate surface area is 159 Å². The Balaban J connectivity index is 1.63. The third kappa shape index (κ3) is 4.55. The molecule has 3 rings (SSSR count). The number of amides is 1. The summed E-state index contributed by atoms with van der Waals surface area (Å²) in [6.45, 7) is 0.992. The number of rotatable bonds is 5. The number of nitriles is 1. The Hall–Kier alpha value is -2.98. The van der Waals surface area contributed by atoms with Gasteiger partial charge >= 0.3 is 0 Å². The van der Waals surface area contributed by atoms with E-state index in [1.54, 1.807) is 42.5 Å². The number of nitrogens with zero attached hydrogens (tertiary/aromatic N) is 1. The number of fused-ring (bicyclic) bond motifs is 1. The van der Waals surface area contributed by atoms with Gasteiger partial charge in [-0.15, -0.1) is 0 Å². The van der Waals surface area contributed by atoms with Crippen molar-refractivity contribution < 1.29 is 19.0 Å². The van der Waals surface area contributed by atoms with Crippen molar-refractivity contribution in [2.24, 2.45) is 0 Å². The van der Waals surface area contributed by atoms with Crippen LogP contribution in [0.3, 0.4) is 0 Å². The summed E-state index contributed by atoms with van der Waals surface area (Å²) >= 11 is 3.42. The summed E-state index contributed by atoms with van der Waals surface area (Å²) in [7, 11) is 0. The predicted octanol–water partition coefficient (Wildman–Crippen LogP) is 3.77. The molecule has 1 amide bonds. The summed E-state index contributed by atoms with van der Waals surface area (Å²) in [6, 6.07) is 12.5. The average molecular weight is 415 g/mol. The highest BCUT2D eigenvalue weighted by atomic mass is 79.9. The largest absolute Gasteiger partial charge is 0.486 e. The van der Waals surface area contributed by atoms with E-state index in [4.69, 9.17) is 19.5 Å². The van der Waals surface area contributed by atoms with Crippen LogP contribution in [-0.4, -0.2) is 25.7 Å². The van der Waals surface area contributed by atoms with E-state index in [1.807, 2.05) is 6.07 Å². The lowest BCUT2D eigenvalue weighted by Crippen LogP contribution is -2.16. The quantitative estimate of drug-likeness (QED) is 0.752. The number of nitrogens with one attached hydrogen (secondary N) is 1. The fourth-order valence-corrected chi connectivity index (χ4v) is 2.72. The summed E-state index contributed by atoms with van der Waals surface area (Å²) < 4.78 is 16.9. The van der Waals surface area contributed by atoms with E-state index >= 15 is 0 Å². The van der Waals surface area contributed by atoms with Crippen LogP contribution in [0.4, 0.5) is 5.69 Å². The lowest BCUT2D eigenvalue weighted by molar-refractivity contribution is -0.111. The molecule has 0 aromatic heterocycles. The maximum Gasteiger partial charge on any atom is 0.248 e. The molecular weight excluding hydrogens is 400 g/mol. The summed E-state index contributed by atoms with van der Waals surface area (Å²) in [6.07, 6.45) is 3.13. The van der Waals surface area contributed by atoms with Crippen molar-refractivity contribution in [3.8, 4) is 23.3 Å². The Kier molecular flexibility index (Phi) is 5.77. The molecule has 0 radical (unpaired) electrons. The van der Waals surface area contributed by atoms with Crippen molar-refractivity contribution in [1.82, 2.24) is 0 Å². The number of hydrogen-bond acceptors (Lipinski definition) is 5. The molecule has 2 aromatic rings. The van der Waals surface area contributed by atoms with Crippen LogP contribution in [-0.2, 0) is 4.79 Å². The molecule has 0 unspecified atom stereocenters. The van der Waals surface area contributed by atoms with Gasteiger partial charge in [-0.05, 0) is 39.7 Å².